The summed E-state index contributed by atoms with van der Waals surface area (Å²) in [6, 6.07) is 6.95. The van der Waals surface area contributed by atoms with Crippen molar-refractivity contribution in [2.75, 3.05) is 5.32 Å². The molecule has 3 aromatic rings. The van der Waals surface area contributed by atoms with Crippen LogP contribution in [-0.2, 0) is 11.3 Å². The number of pyridine rings is 1. The second-order valence-corrected chi connectivity index (χ2v) is 6.88. The highest BCUT2D eigenvalue weighted by atomic mass is 35.5. The van der Waals surface area contributed by atoms with Crippen molar-refractivity contribution in [2.24, 2.45) is 0 Å². The van der Waals surface area contributed by atoms with Crippen LogP contribution < -0.4 is 5.32 Å². The molecule has 25 heavy (non-hydrogen) atoms. The van der Waals surface area contributed by atoms with Crippen molar-refractivity contribution in [1.29, 1.82) is 0 Å². The van der Waals surface area contributed by atoms with Crippen molar-refractivity contribution < 1.29 is 9.21 Å². The molecular weight excluding hydrogens is 362 g/mol. The summed E-state index contributed by atoms with van der Waals surface area (Å²) in [6.45, 7) is 4.46. The van der Waals surface area contributed by atoms with Crippen molar-refractivity contribution in [3.63, 3.8) is 0 Å². The summed E-state index contributed by atoms with van der Waals surface area (Å²) in [6.07, 6.45) is 3.07. The van der Waals surface area contributed by atoms with E-state index in [0.717, 1.165) is 0 Å². The van der Waals surface area contributed by atoms with Gasteiger partial charge in [-0.2, -0.15) is 0 Å². The Kier molecular flexibility index (Phi) is 5.40. The van der Waals surface area contributed by atoms with E-state index in [2.05, 4.69) is 20.5 Å². The lowest BCUT2D eigenvalue weighted by Crippen LogP contribution is -2.23. The molecule has 0 spiro atoms. The van der Waals surface area contributed by atoms with Crippen LogP contribution in [0.3, 0.4) is 0 Å². The van der Waals surface area contributed by atoms with Gasteiger partial charge < -0.3 is 9.73 Å². The average molecular weight is 378 g/mol. The summed E-state index contributed by atoms with van der Waals surface area (Å²) in [7, 11) is 0. The highest BCUT2D eigenvalue weighted by molar-refractivity contribution is 8.00. The lowest BCUT2D eigenvalue weighted by atomic mass is 10.4. The topological polar surface area (TPSA) is 85.8 Å². The largest absolute Gasteiger partial charge is 0.461 e. The number of amides is 1. The van der Waals surface area contributed by atoms with E-state index >= 15 is 0 Å². The second kappa shape index (κ2) is 7.71. The first-order valence-electron chi connectivity index (χ1n) is 7.64. The van der Waals surface area contributed by atoms with Crippen molar-refractivity contribution in [3.8, 4) is 11.6 Å². The number of aromatic nitrogens is 4. The molecule has 1 unspecified atom stereocenters. The zero-order chi connectivity index (χ0) is 17.8. The smallest absolute Gasteiger partial charge is 0.238 e. The molecule has 3 heterocycles. The van der Waals surface area contributed by atoms with Gasteiger partial charge in [-0.15, -0.1) is 10.2 Å². The summed E-state index contributed by atoms with van der Waals surface area (Å²) in [4.78, 5) is 16.4. The summed E-state index contributed by atoms with van der Waals surface area (Å²) in [5, 5.41) is 11.9. The SMILES string of the molecule is CCn1c(SC(C)C(=O)Nc2ccc(Cl)cn2)nnc1-c1ccco1. The Labute approximate surface area is 153 Å². The number of hydrogen-bond acceptors (Lipinski definition) is 6. The molecule has 3 aromatic heterocycles. The van der Waals surface area contributed by atoms with Crippen LogP contribution in [0.5, 0.6) is 0 Å². The molecule has 0 aromatic carbocycles. The molecule has 130 valence electrons. The first kappa shape index (κ1) is 17.5. The molecule has 0 aliphatic heterocycles. The fourth-order valence-electron chi connectivity index (χ4n) is 2.14. The molecule has 1 atom stereocenters. The second-order valence-electron chi connectivity index (χ2n) is 5.14. The fraction of sp³-hybridized carbons (Fsp3) is 0.250. The monoisotopic (exact) mass is 377 g/mol. The van der Waals surface area contributed by atoms with Gasteiger partial charge in [-0.3, -0.25) is 9.36 Å². The summed E-state index contributed by atoms with van der Waals surface area (Å²) >= 11 is 7.12. The first-order valence-corrected chi connectivity index (χ1v) is 8.90. The third kappa shape index (κ3) is 4.02. The minimum absolute atomic E-state index is 0.176. The van der Waals surface area contributed by atoms with Crippen molar-refractivity contribution >= 4 is 35.1 Å². The molecule has 1 amide bonds. The van der Waals surface area contributed by atoms with E-state index in [0.29, 0.717) is 34.1 Å². The zero-order valence-electron chi connectivity index (χ0n) is 13.6. The van der Waals surface area contributed by atoms with Crippen molar-refractivity contribution in [1.82, 2.24) is 19.7 Å². The normalized spacial score (nSPS) is 12.1. The molecule has 3 rings (SSSR count). The molecular formula is C16H16ClN5O2S. The minimum Gasteiger partial charge on any atom is -0.461 e. The Balaban J connectivity index is 1.71. The number of rotatable bonds is 6. The average Bonchev–Trinajstić information content (AvgIpc) is 3.25. The molecule has 0 radical (unpaired) electrons. The molecule has 0 aliphatic rings. The summed E-state index contributed by atoms with van der Waals surface area (Å²) in [5.74, 6) is 1.56. The predicted molar refractivity (Wildman–Crippen MR) is 96.6 cm³/mol. The van der Waals surface area contributed by atoms with Gasteiger partial charge in [0.25, 0.3) is 0 Å². The van der Waals surface area contributed by atoms with E-state index in [4.69, 9.17) is 16.0 Å². The first-order chi connectivity index (χ1) is 12.1. The number of thioether (sulfide) groups is 1. The van der Waals surface area contributed by atoms with Crippen molar-refractivity contribution in [2.45, 2.75) is 30.8 Å². The summed E-state index contributed by atoms with van der Waals surface area (Å²) in [5.41, 5.74) is 0. The molecule has 1 N–H and O–H groups in total. The van der Waals surface area contributed by atoms with Crippen LogP contribution in [0.4, 0.5) is 5.82 Å². The molecule has 0 aliphatic carbocycles. The van der Waals surface area contributed by atoms with E-state index in [-0.39, 0.29) is 11.2 Å². The number of hydrogen-bond donors (Lipinski definition) is 1. The van der Waals surface area contributed by atoms with Crippen molar-refractivity contribution in [3.05, 3.63) is 41.7 Å². The van der Waals surface area contributed by atoms with E-state index in [1.54, 1.807) is 31.4 Å². The van der Waals surface area contributed by atoms with Crippen LogP contribution >= 0.6 is 23.4 Å². The number of furan rings is 1. The molecule has 0 fully saturated rings. The third-order valence-corrected chi connectivity index (χ3v) is 4.71. The van der Waals surface area contributed by atoms with Crippen LogP contribution in [0.25, 0.3) is 11.6 Å². The minimum atomic E-state index is -0.378. The summed E-state index contributed by atoms with van der Waals surface area (Å²) < 4.78 is 7.30. The number of nitrogens with one attached hydrogen (secondary N) is 1. The lowest BCUT2D eigenvalue weighted by Gasteiger charge is -2.12. The van der Waals surface area contributed by atoms with Gasteiger partial charge in [0.1, 0.15) is 5.82 Å². The zero-order valence-corrected chi connectivity index (χ0v) is 15.2. The van der Waals surface area contributed by atoms with Gasteiger partial charge in [0.2, 0.25) is 5.91 Å². The number of anilines is 1. The highest BCUT2D eigenvalue weighted by Gasteiger charge is 2.21. The van der Waals surface area contributed by atoms with Crippen LogP contribution in [0.1, 0.15) is 13.8 Å². The maximum absolute atomic E-state index is 12.4. The molecule has 0 saturated carbocycles. The molecule has 7 nitrogen and oxygen atoms in total. The fourth-order valence-corrected chi connectivity index (χ4v) is 3.16. The van der Waals surface area contributed by atoms with Gasteiger partial charge in [-0.1, -0.05) is 23.4 Å². The van der Waals surface area contributed by atoms with Crippen LogP contribution in [0.15, 0.2) is 46.3 Å². The number of carbonyl (C=O) groups excluding carboxylic acids is 1. The molecule has 0 bridgehead atoms. The molecule has 9 heteroatoms. The predicted octanol–water partition coefficient (Wildman–Crippen LogP) is 3.73. The Bertz CT molecular complexity index is 848. The maximum Gasteiger partial charge on any atom is 0.238 e. The highest BCUT2D eigenvalue weighted by Crippen LogP contribution is 2.27. The Morgan fingerprint density at radius 2 is 2.24 bits per heavy atom. The third-order valence-electron chi connectivity index (χ3n) is 3.40. The Morgan fingerprint density at radius 3 is 2.88 bits per heavy atom. The van der Waals surface area contributed by atoms with Crippen LogP contribution in [0, 0.1) is 0 Å². The van der Waals surface area contributed by atoms with Gasteiger partial charge in [-0.05, 0) is 38.1 Å². The Morgan fingerprint density at radius 1 is 1.40 bits per heavy atom. The van der Waals surface area contributed by atoms with E-state index < -0.39 is 0 Å². The van der Waals surface area contributed by atoms with Gasteiger partial charge in [0.15, 0.2) is 16.7 Å². The maximum atomic E-state index is 12.4. The standard InChI is InChI=1S/C16H16ClN5O2S/c1-3-22-14(12-5-4-8-24-12)20-21-16(22)25-10(2)15(23)19-13-7-6-11(17)9-18-13/h4-10H,3H2,1-2H3,(H,18,19,23). The number of nitrogens with zero attached hydrogens (tertiary/aromatic N) is 4. The van der Waals surface area contributed by atoms with Crippen LogP contribution in [-0.4, -0.2) is 30.9 Å². The van der Waals surface area contributed by atoms with E-state index in [9.17, 15) is 4.79 Å². The van der Waals surface area contributed by atoms with E-state index in [1.807, 2.05) is 17.6 Å². The number of halogens is 1. The Hall–Kier alpha value is -2.32. The van der Waals surface area contributed by atoms with Gasteiger partial charge in [0.05, 0.1) is 16.5 Å². The number of carbonyl (C=O) groups is 1. The van der Waals surface area contributed by atoms with Crippen LogP contribution in [0.2, 0.25) is 5.02 Å². The van der Waals surface area contributed by atoms with Gasteiger partial charge in [0, 0.05) is 12.7 Å². The van der Waals surface area contributed by atoms with E-state index in [1.165, 1.54) is 18.0 Å². The quantitative estimate of drug-likeness (QED) is 0.659. The van der Waals surface area contributed by atoms with Gasteiger partial charge >= 0.3 is 0 Å². The lowest BCUT2D eigenvalue weighted by molar-refractivity contribution is -0.115. The molecule has 0 saturated heterocycles. The van der Waals surface area contributed by atoms with Gasteiger partial charge in [-0.25, -0.2) is 4.98 Å².